The molecule has 0 amide bonds. The van der Waals surface area contributed by atoms with Crippen LogP contribution < -0.4 is 0 Å². The monoisotopic (exact) mass is 748 g/mol. The maximum Gasteiger partial charge on any atom is 0.160 e. The van der Waals surface area contributed by atoms with Crippen LogP contribution in [0.15, 0.2) is 194 Å². The molecule has 2 nitrogen and oxygen atoms in total. The zero-order chi connectivity index (χ0) is 37.0. The Kier molecular flexibility index (Phi) is 7.90. The van der Waals surface area contributed by atoms with E-state index in [9.17, 15) is 0 Å². The van der Waals surface area contributed by atoms with E-state index in [0.29, 0.717) is 5.82 Å². The lowest BCUT2D eigenvalue weighted by Gasteiger charge is -2.14. The van der Waals surface area contributed by atoms with Gasteiger partial charge in [0.2, 0.25) is 0 Å². The van der Waals surface area contributed by atoms with Gasteiger partial charge < -0.3 is 0 Å². The van der Waals surface area contributed by atoms with Gasteiger partial charge in [0.05, 0.1) is 11.4 Å². The van der Waals surface area contributed by atoms with Gasteiger partial charge in [0.1, 0.15) is 0 Å². The van der Waals surface area contributed by atoms with Crippen LogP contribution in [0.4, 0.5) is 0 Å². The predicted molar refractivity (Wildman–Crippen MR) is 240 cm³/mol. The van der Waals surface area contributed by atoms with Crippen LogP contribution in [0.3, 0.4) is 0 Å². The molecule has 0 spiro atoms. The average molecular weight is 749 g/mol. The van der Waals surface area contributed by atoms with Crippen molar-refractivity contribution in [1.29, 1.82) is 0 Å². The van der Waals surface area contributed by atoms with E-state index in [1.165, 1.54) is 57.0 Å². The van der Waals surface area contributed by atoms with Crippen molar-refractivity contribution in [3.8, 4) is 67.3 Å². The molecule has 11 aromatic rings. The largest absolute Gasteiger partial charge is 0.228 e. The molecular weight excluding hydrogens is 717 g/mol. The highest BCUT2D eigenvalue weighted by atomic mass is 32.1. The normalized spacial score (nSPS) is 11.6. The Hall–Kier alpha value is -6.72. The number of nitrogens with zero attached hydrogens (tertiary/aromatic N) is 2. The van der Waals surface area contributed by atoms with Gasteiger partial charge in [-0.25, -0.2) is 9.97 Å². The van der Waals surface area contributed by atoms with Crippen LogP contribution in [0.5, 0.6) is 0 Å². The zero-order valence-electron chi connectivity index (χ0n) is 30.2. The van der Waals surface area contributed by atoms with Gasteiger partial charge >= 0.3 is 0 Å². The second-order valence-corrected chi connectivity index (χ2v) is 16.3. The van der Waals surface area contributed by atoms with Crippen LogP contribution in [-0.4, -0.2) is 9.97 Å². The summed E-state index contributed by atoms with van der Waals surface area (Å²) in [6.07, 6.45) is 0. The van der Waals surface area contributed by atoms with E-state index in [1.807, 2.05) is 46.9 Å². The summed E-state index contributed by atoms with van der Waals surface area (Å²) >= 11 is 3.72. The Morgan fingerprint density at radius 1 is 0.286 bits per heavy atom. The molecule has 56 heavy (non-hydrogen) atoms. The van der Waals surface area contributed by atoms with Crippen molar-refractivity contribution in [1.82, 2.24) is 9.97 Å². The van der Waals surface area contributed by atoms with E-state index in [4.69, 9.17) is 9.97 Å². The Morgan fingerprint density at radius 3 is 1.57 bits per heavy atom. The summed E-state index contributed by atoms with van der Waals surface area (Å²) in [5.41, 5.74) is 12.0. The standard InChI is InChI=1S/C52H32N2S2/c1-3-12-35(13-4-1)46-32-47(54-52(53-46)36-14-5-2-6-15-36)40-29-38(28-39(30-40)41-18-11-19-44-42-16-7-10-21-49(42)56-51(41)44)34-24-22-33(23-25-34)37-26-27-50-45(31-37)43-17-8-9-20-48(43)55-50/h1-32H. The maximum atomic E-state index is 5.25. The van der Waals surface area contributed by atoms with Gasteiger partial charge in [-0.2, -0.15) is 0 Å². The molecule has 0 bridgehead atoms. The van der Waals surface area contributed by atoms with E-state index in [-0.39, 0.29) is 0 Å². The van der Waals surface area contributed by atoms with Gasteiger partial charge in [0.15, 0.2) is 5.82 Å². The van der Waals surface area contributed by atoms with Gasteiger partial charge in [0.25, 0.3) is 0 Å². The second kappa shape index (κ2) is 13.5. The van der Waals surface area contributed by atoms with Gasteiger partial charge in [-0.3, -0.25) is 0 Å². The van der Waals surface area contributed by atoms with Crippen LogP contribution in [0.2, 0.25) is 0 Å². The number of rotatable bonds is 6. The van der Waals surface area contributed by atoms with Crippen molar-refractivity contribution in [3.63, 3.8) is 0 Å². The number of aromatic nitrogens is 2. The minimum atomic E-state index is 0.709. The molecule has 4 heteroatoms. The minimum absolute atomic E-state index is 0.709. The topological polar surface area (TPSA) is 25.8 Å². The van der Waals surface area contributed by atoms with Crippen molar-refractivity contribution in [2.24, 2.45) is 0 Å². The summed E-state index contributed by atoms with van der Waals surface area (Å²) < 4.78 is 5.24. The van der Waals surface area contributed by atoms with E-state index >= 15 is 0 Å². The number of benzene rings is 8. The molecule has 0 aliphatic rings. The van der Waals surface area contributed by atoms with E-state index in [2.05, 4.69) is 170 Å². The first-order valence-electron chi connectivity index (χ1n) is 18.8. The first kappa shape index (κ1) is 32.7. The molecule has 3 heterocycles. The first-order valence-corrected chi connectivity index (χ1v) is 20.4. The molecular formula is C52H32N2S2. The molecule has 0 fully saturated rings. The summed E-state index contributed by atoms with van der Waals surface area (Å²) in [5.74, 6) is 0.709. The quantitative estimate of drug-likeness (QED) is 0.169. The Bertz CT molecular complexity index is 3180. The Morgan fingerprint density at radius 2 is 0.821 bits per heavy atom. The first-order chi connectivity index (χ1) is 27.7. The molecule has 0 saturated heterocycles. The number of hydrogen-bond acceptors (Lipinski definition) is 4. The second-order valence-electron chi connectivity index (χ2n) is 14.2. The van der Waals surface area contributed by atoms with Crippen molar-refractivity contribution in [3.05, 3.63) is 194 Å². The summed E-state index contributed by atoms with van der Waals surface area (Å²) in [4.78, 5) is 10.3. The summed E-state index contributed by atoms with van der Waals surface area (Å²) in [7, 11) is 0. The van der Waals surface area contributed by atoms with Gasteiger partial charge in [0, 0.05) is 57.0 Å². The fourth-order valence-corrected chi connectivity index (χ4v) is 10.2. The molecule has 8 aromatic carbocycles. The lowest BCUT2D eigenvalue weighted by molar-refractivity contribution is 1.18. The van der Waals surface area contributed by atoms with Crippen molar-refractivity contribution in [2.75, 3.05) is 0 Å². The highest BCUT2D eigenvalue weighted by Gasteiger charge is 2.16. The highest BCUT2D eigenvalue weighted by Crippen LogP contribution is 2.43. The molecule has 0 atom stereocenters. The molecule has 0 aliphatic carbocycles. The van der Waals surface area contributed by atoms with Crippen molar-refractivity contribution in [2.45, 2.75) is 0 Å². The summed E-state index contributed by atoms with van der Waals surface area (Å²) in [6.45, 7) is 0. The smallest absolute Gasteiger partial charge is 0.160 e. The van der Waals surface area contributed by atoms with Crippen LogP contribution in [0, 0.1) is 0 Å². The van der Waals surface area contributed by atoms with E-state index in [1.54, 1.807) is 0 Å². The minimum Gasteiger partial charge on any atom is -0.228 e. The number of fused-ring (bicyclic) bond motifs is 6. The van der Waals surface area contributed by atoms with Crippen LogP contribution in [0.25, 0.3) is 108 Å². The van der Waals surface area contributed by atoms with Gasteiger partial charge in [-0.15, -0.1) is 22.7 Å². The fraction of sp³-hybridized carbons (Fsp3) is 0. The zero-order valence-corrected chi connectivity index (χ0v) is 31.8. The van der Waals surface area contributed by atoms with E-state index < -0.39 is 0 Å². The van der Waals surface area contributed by atoms with Gasteiger partial charge in [-0.05, 0) is 81.9 Å². The third kappa shape index (κ3) is 5.79. The maximum absolute atomic E-state index is 5.25. The molecule has 3 aromatic heterocycles. The van der Waals surface area contributed by atoms with Crippen LogP contribution in [-0.2, 0) is 0 Å². The fourth-order valence-electron chi connectivity index (χ4n) is 7.90. The molecule has 11 rings (SSSR count). The molecule has 0 unspecified atom stereocenters. The lowest BCUT2D eigenvalue weighted by atomic mass is 9.93. The Labute approximate surface area is 332 Å². The molecule has 0 radical (unpaired) electrons. The predicted octanol–water partition coefficient (Wildman–Crippen LogP) is 15.2. The van der Waals surface area contributed by atoms with Gasteiger partial charge in [-0.1, -0.05) is 146 Å². The summed E-state index contributed by atoms with van der Waals surface area (Å²) in [5, 5.41) is 5.22. The summed E-state index contributed by atoms with van der Waals surface area (Å²) in [6, 6.07) is 69.8. The van der Waals surface area contributed by atoms with Crippen molar-refractivity contribution >= 4 is 63.0 Å². The molecule has 0 aliphatic heterocycles. The molecule has 0 saturated carbocycles. The number of thiophene rings is 2. The van der Waals surface area contributed by atoms with Crippen molar-refractivity contribution < 1.29 is 0 Å². The van der Waals surface area contributed by atoms with Crippen LogP contribution >= 0.6 is 22.7 Å². The van der Waals surface area contributed by atoms with Crippen LogP contribution in [0.1, 0.15) is 0 Å². The number of hydrogen-bond donors (Lipinski definition) is 0. The SMILES string of the molecule is c1ccc(-c2cc(-c3cc(-c4ccc(-c5ccc6sc7ccccc7c6c5)cc4)cc(-c4cccc5c4sc4ccccc45)c3)nc(-c3ccccc3)n2)cc1. The van der Waals surface area contributed by atoms with E-state index in [0.717, 1.165) is 44.8 Å². The third-order valence-corrected chi connectivity index (χ3v) is 13.1. The molecule has 262 valence electrons. The average Bonchev–Trinajstić information content (AvgIpc) is 3.85. The molecule has 0 N–H and O–H groups in total. The third-order valence-electron chi connectivity index (χ3n) is 10.7. The Balaban J connectivity index is 1.09. The highest BCUT2D eigenvalue weighted by molar-refractivity contribution is 7.26. The lowest BCUT2D eigenvalue weighted by Crippen LogP contribution is -1.96.